The second kappa shape index (κ2) is 5.10. The number of non-ortho nitro benzene ring substituents is 1. The Labute approximate surface area is 146 Å². The van der Waals surface area contributed by atoms with E-state index in [-0.39, 0.29) is 5.69 Å². The molecule has 4 rings (SSSR count). The minimum Gasteiger partial charge on any atom is -0.449 e. The fraction of sp³-hybridized carbons (Fsp3) is 0.235. The van der Waals surface area contributed by atoms with Crippen LogP contribution in [0.3, 0.4) is 0 Å². The van der Waals surface area contributed by atoms with Crippen LogP contribution < -0.4 is 10.4 Å². The molecule has 3 aromatic rings. The third-order valence-electron chi connectivity index (χ3n) is 4.77. The van der Waals surface area contributed by atoms with Crippen LogP contribution in [0.5, 0.6) is 0 Å². The summed E-state index contributed by atoms with van der Waals surface area (Å²) >= 11 is 0. The van der Waals surface area contributed by atoms with Crippen molar-refractivity contribution < 1.29 is 13.6 Å². The highest BCUT2D eigenvalue weighted by Crippen LogP contribution is 2.31. The van der Waals surface area contributed by atoms with E-state index in [4.69, 9.17) is 8.64 Å². The van der Waals surface area contributed by atoms with Crippen LogP contribution in [0.2, 0.25) is 26.2 Å². The van der Waals surface area contributed by atoms with Crippen molar-refractivity contribution in [3.8, 4) is 11.3 Å². The van der Waals surface area contributed by atoms with Crippen molar-refractivity contribution in [2.45, 2.75) is 26.2 Å². The second-order valence-electron chi connectivity index (χ2n) is 7.35. The zero-order chi connectivity index (χ0) is 18.0. The maximum atomic E-state index is 10.8. The molecule has 0 N–H and O–H groups in total. The molecule has 0 saturated carbocycles. The van der Waals surface area contributed by atoms with Crippen molar-refractivity contribution in [2.24, 2.45) is 0 Å². The number of aromatic nitrogens is 1. The van der Waals surface area contributed by atoms with E-state index in [0.717, 1.165) is 16.5 Å². The molecular formula is C17H18N2O4Si2. The predicted molar refractivity (Wildman–Crippen MR) is 101 cm³/mol. The standard InChI is InChI=1S/C17H18N2O4Si2/c1-24(2)15-9-13-14(10-16(15)25(3,4)23-24)22-18-17(13)11-5-7-12(8-6-11)19(20)21/h5-10H,1-4H3. The minimum absolute atomic E-state index is 0.0622. The molecule has 6 nitrogen and oxygen atoms in total. The molecule has 128 valence electrons. The molecule has 1 aromatic heterocycles. The van der Waals surface area contributed by atoms with Crippen LogP contribution in [0.15, 0.2) is 40.9 Å². The van der Waals surface area contributed by atoms with Crippen LogP contribution in [0.25, 0.3) is 22.2 Å². The Hall–Kier alpha value is -2.30. The Balaban J connectivity index is 1.89. The van der Waals surface area contributed by atoms with E-state index in [1.165, 1.54) is 22.5 Å². The summed E-state index contributed by atoms with van der Waals surface area (Å²) in [5, 5.41) is 18.6. The Morgan fingerprint density at radius 1 is 1.00 bits per heavy atom. The number of hydrogen-bond acceptors (Lipinski definition) is 5. The van der Waals surface area contributed by atoms with Crippen LogP contribution >= 0.6 is 0 Å². The summed E-state index contributed by atoms with van der Waals surface area (Å²) in [5.74, 6) is 0. The summed E-state index contributed by atoms with van der Waals surface area (Å²) in [5.41, 5.74) is 2.32. The van der Waals surface area contributed by atoms with Crippen LogP contribution in [0.4, 0.5) is 5.69 Å². The smallest absolute Gasteiger partial charge is 0.269 e. The van der Waals surface area contributed by atoms with Gasteiger partial charge in [0.25, 0.3) is 5.69 Å². The SMILES string of the molecule is C[Si]1(C)O[Si](C)(C)c2cc3c(-c4ccc([N+](=O)[O-])cc4)noc3cc21. The number of fused-ring (bicyclic) bond motifs is 2. The molecule has 0 unspecified atom stereocenters. The molecule has 0 radical (unpaired) electrons. The summed E-state index contributed by atoms with van der Waals surface area (Å²) in [6.07, 6.45) is 0. The summed E-state index contributed by atoms with van der Waals surface area (Å²) < 4.78 is 12.0. The molecule has 1 aliphatic heterocycles. The molecule has 0 bridgehead atoms. The van der Waals surface area contributed by atoms with Crippen molar-refractivity contribution >= 4 is 43.7 Å². The van der Waals surface area contributed by atoms with E-state index in [9.17, 15) is 10.1 Å². The van der Waals surface area contributed by atoms with Gasteiger partial charge in [-0.05, 0) is 60.8 Å². The van der Waals surface area contributed by atoms with Crippen molar-refractivity contribution in [3.63, 3.8) is 0 Å². The summed E-state index contributed by atoms with van der Waals surface area (Å²) in [7, 11) is -3.84. The highest BCUT2D eigenvalue weighted by Gasteiger charge is 2.46. The molecule has 1 aliphatic rings. The zero-order valence-electron chi connectivity index (χ0n) is 14.5. The van der Waals surface area contributed by atoms with Crippen LogP contribution in [-0.2, 0) is 4.12 Å². The third-order valence-corrected chi connectivity index (χ3v) is 12.5. The monoisotopic (exact) mass is 370 g/mol. The normalized spacial score (nSPS) is 17.6. The lowest BCUT2D eigenvalue weighted by Crippen LogP contribution is -2.43. The molecule has 8 heteroatoms. The van der Waals surface area contributed by atoms with Gasteiger partial charge in [0.05, 0.1) is 4.92 Å². The van der Waals surface area contributed by atoms with Gasteiger partial charge in [-0.1, -0.05) is 5.16 Å². The summed E-state index contributed by atoms with van der Waals surface area (Å²) in [6.45, 7) is 8.87. The Morgan fingerprint density at radius 3 is 2.20 bits per heavy atom. The van der Waals surface area contributed by atoms with E-state index in [1.807, 2.05) is 0 Å². The first-order valence-corrected chi connectivity index (χ1v) is 13.9. The fourth-order valence-electron chi connectivity index (χ4n) is 3.68. The van der Waals surface area contributed by atoms with E-state index in [2.05, 4.69) is 43.5 Å². The number of nitro benzene ring substituents is 1. The van der Waals surface area contributed by atoms with Crippen LogP contribution in [0.1, 0.15) is 0 Å². The molecule has 25 heavy (non-hydrogen) atoms. The minimum atomic E-state index is -1.93. The van der Waals surface area contributed by atoms with E-state index in [0.29, 0.717) is 5.69 Å². The van der Waals surface area contributed by atoms with Gasteiger partial charge in [0, 0.05) is 23.1 Å². The first kappa shape index (κ1) is 16.2. The lowest BCUT2D eigenvalue weighted by Gasteiger charge is -2.22. The molecule has 0 aliphatic carbocycles. The average Bonchev–Trinajstić information content (AvgIpc) is 3.02. The van der Waals surface area contributed by atoms with Crippen molar-refractivity contribution in [1.82, 2.24) is 5.16 Å². The average molecular weight is 371 g/mol. The first-order valence-electron chi connectivity index (χ1n) is 8.08. The maximum absolute atomic E-state index is 10.8. The fourth-order valence-corrected chi connectivity index (χ4v) is 13.9. The number of hydrogen-bond donors (Lipinski definition) is 0. The largest absolute Gasteiger partial charge is 0.449 e. The van der Waals surface area contributed by atoms with Gasteiger partial charge in [-0.2, -0.15) is 0 Å². The molecular weight excluding hydrogens is 352 g/mol. The molecule has 2 aromatic carbocycles. The third kappa shape index (κ3) is 2.45. The molecule has 0 amide bonds. The maximum Gasteiger partial charge on any atom is 0.269 e. The van der Waals surface area contributed by atoms with Gasteiger partial charge >= 0.3 is 0 Å². The zero-order valence-corrected chi connectivity index (χ0v) is 16.5. The first-order chi connectivity index (χ1) is 11.7. The quantitative estimate of drug-likeness (QED) is 0.393. The Kier molecular flexibility index (Phi) is 3.30. The Morgan fingerprint density at radius 2 is 1.60 bits per heavy atom. The van der Waals surface area contributed by atoms with Crippen LogP contribution in [-0.4, -0.2) is 26.7 Å². The molecule has 0 fully saturated rings. The van der Waals surface area contributed by atoms with Crippen LogP contribution in [0, 0.1) is 10.1 Å². The molecule has 0 spiro atoms. The van der Waals surface area contributed by atoms with E-state index in [1.54, 1.807) is 12.1 Å². The van der Waals surface area contributed by atoms with Gasteiger partial charge in [0.1, 0.15) is 5.69 Å². The van der Waals surface area contributed by atoms with Gasteiger partial charge in [-0.15, -0.1) is 0 Å². The summed E-state index contributed by atoms with van der Waals surface area (Å²) in [6, 6.07) is 10.6. The molecule has 2 heterocycles. The predicted octanol–water partition coefficient (Wildman–Crippen LogP) is 3.26. The second-order valence-corrected chi connectivity index (χ2v) is 15.3. The van der Waals surface area contributed by atoms with Crippen molar-refractivity contribution in [2.75, 3.05) is 0 Å². The van der Waals surface area contributed by atoms with Gasteiger partial charge in [0.15, 0.2) is 5.58 Å². The van der Waals surface area contributed by atoms with E-state index >= 15 is 0 Å². The highest BCUT2D eigenvalue weighted by atomic mass is 28.4. The topological polar surface area (TPSA) is 78.4 Å². The van der Waals surface area contributed by atoms with E-state index < -0.39 is 21.6 Å². The number of nitrogens with zero attached hydrogens (tertiary/aromatic N) is 2. The number of nitro groups is 1. The van der Waals surface area contributed by atoms with Crippen molar-refractivity contribution in [1.29, 1.82) is 0 Å². The molecule has 0 saturated heterocycles. The Bertz CT molecular complexity index is 1010. The highest BCUT2D eigenvalue weighted by molar-refractivity contribution is 7.06. The number of rotatable bonds is 2. The number of benzene rings is 2. The van der Waals surface area contributed by atoms with Gasteiger partial charge < -0.3 is 8.64 Å². The van der Waals surface area contributed by atoms with Gasteiger partial charge in [-0.25, -0.2) is 0 Å². The van der Waals surface area contributed by atoms with Crippen molar-refractivity contribution in [3.05, 3.63) is 46.5 Å². The molecule has 0 atom stereocenters. The lowest BCUT2D eigenvalue weighted by molar-refractivity contribution is -0.384. The van der Waals surface area contributed by atoms with Gasteiger partial charge in [-0.3, -0.25) is 10.1 Å². The van der Waals surface area contributed by atoms with Gasteiger partial charge in [0.2, 0.25) is 16.6 Å². The summed E-state index contributed by atoms with van der Waals surface area (Å²) in [4.78, 5) is 10.4. The lowest BCUT2D eigenvalue weighted by atomic mass is 10.1.